The molecule has 0 saturated heterocycles. The summed E-state index contributed by atoms with van der Waals surface area (Å²) in [5.74, 6) is 0.931. The van der Waals surface area contributed by atoms with Gasteiger partial charge in [0.15, 0.2) is 0 Å². The second-order valence-electron chi connectivity index (χ2n) is 7.04. The molecule has 0 fully saturated rings. The van der Waals surface area contributed by atoms with Crippen molar-refractivity contribution in [3.05, 3.63) is 84.9 Å². The third-order valence-electron chi connectivity index (χ3n) is 3.90. The van der Waals surface area contributed by atoms with Crippen LogP contribution in [0.4, 0.5) is 0 Å². The molecular weight excluding hydrogens is 308 g/mol. The molecule has 0 saturated carbocycles. The molecule has 3 aromatic rings. The minimum absolute atomic E-state index is 0.169. The Bertz CT molecular complexity index is 719. The number of ether oxygens (including phenoxy) is 1. The topological polar surface area (TPSA) is 9.23 Å². The smallest absolute Gasteiger partial charge is 0.132 e. The van der Waals surface area contributed by atoms with Gasteiger partial charge in [0.2, 0.25) is 0 Å². The van der Waals surface area contributed by atoms with Crippen molar-refractivity contribution < 1.29 is 4.74 Å². The first kappa shape index (κ1) is 16.5. The Kier molecular flexibility index (Phi) is 4.86. The van der Waals surface area contributed by atoms with Gasteiger partial charge in [0.25, 0.3) is 0 Å². The van der Waals surface area contributed by atoms with Gasteiger partial charge in [-0.15, -0.1) is 0 Å². The molecular formula is C22H24OSi. The Balaban J connectivity index is 1.98. The molecule has 3 rings (SSSR count). The van der Waals surface area contributed by atoms with E-state index in [-0.39, 0.29) is 5.60 Å². The van der Waals surface area contributed by atoms with Gasteiger partial charge in [-0.3, -0.25) is 0 Å². The summed E-state index contributed by atoms with van der Waals surface area (Å²) in [6.45, 7) is 6.23. The largest absolute Gasteiger partial charge is 0.488 e. The average Bonchev–Trinajstić information content (AvgIpc) is 2.57. The molecule has 0 aromatic heterocycles. The van der Waals surface area contributed by atoms with E-state index in [0.29, 0.717) is 0 Å². The fourth-order valence-electron chi connectivity index (χ4n) is 2.95. The van der Waals surface area contributed by atoms with Crippen LogP contribution >= 0.6 is 0 Å². The van der Waals surface area contributed by atoms with Gasteiger partial charge in [-0.25, -0.2) is 0 Å². The van der Waals surface area contributed by atoms with Crippen molar-refractivity contribution in [3.63, 3.8) is 0 Å². The predicted octanol–water partition coefficient (Wildman–Crippen LogP) is 3.11. The van der Waals surface area contributed by atoms with E-state index in [1.807, 2.05) is 0 Å². The first-order valence-electron chi connectivity index (χ1n) is 8.42. The normalized spacial score (nSPS) is 11.5. The van der Waals surface area contributed by atoms with Crippen molar-refractivity contribution in [3.8, 4) is 5.75 Å². The van der Waals surface area contributed by atoms with Crippen LogP contribution in [0.1, 0.15) is 20.8 Å². The number of rotatable bonds is 4. The van der Waals surface area contributed by atoms with Crippen LogP contribution < -0.4 is 20.3 Å². The quantitative estimate of drug-likeness (QED) is 0.527. The predicted molar refractivity (Wildman–Crippen MR) is 106 cm³/mol. The Morgan fingerprint density at radius 1 is 0.583 bits per heavy atom. The lowest BCUT2D eigenvalue weighted by Gasteiger charge is -2.22. The lowest BCUT2D eigenvalue weighted by atomic mass is 10.2. The Morgan fingerprint density at radius 2 is 1.00 bits per heavy atom. The Labute approximate surface area is 146 Å². The van der Waals surface area contributed by atoms with Crippen molar-refractivity contribution in [1.82, 2.24) is 0 Å². The van der Waals surface area contributed by atoms with Crippen molar-refractivity contribution in [2.45, 2.75) is 26.4 Å². The summed E-state index contributed by atoms with van der Waals surface area (Å²) >= 11 is 0. The standard InChI is InChI=1S/C22H24OSi/c1-22(2,3)23-18-14-16-21(17-15-18)24(19-10-6-4-7-11-19)20-12-8-5-9-13-20/h4-17,24H,1-3H3. The lowest BCUT2D eigenvalue weighted by molar-refractivity contribution is 0.131. The SMILES string of the molecule is CC(C)(C)Oc1ccc([SiH](c2ccccc2)c2ccccc2)cc1. The molecule has 0 aliphatic rings. The zero-order chi connectivity index (χ0) is 17.0. The summed E-state index contributed by atoms with van der Waals surface area (Å²) in [5.41, 5.74) is -0.169. The fourth-order valence-corrected chi connectivity index (χ4v) is 5.90. The Morgan fingerprint density at radius 3 is 1.42 bits per heavy atom. The monoisotopic (exact) mass is 332 g/mol. The molecule has 24 heavy (non-hydrogen) atoms. The molecule has 0 N–H and O–H groups in total. The van der Waals surface area contributed by atoms with Gasteiger partial charge in [-0.2, -0.15) is 0 Å². The van der Waals surface area contributed by atoms with E-state index < -0.39 is 8.80 Å². The van der Waals surface area contributed by atoms with Crippen LogP contribution in [0.2, 0.25) is 0 Å². The maximum atomic E-state index is 5.96. The third-order valence-corrected chi connectivity index (χ3v) is 7.06. The molecule has 0 unspecified atom stereocenters. The molecule has 122 valence electrons. The number of hydrogen-bond donors (Lipinski definition) is 0. The van der Waals surface area contributed by atoms with E-state index >= 15 is 0 Å². The molecule has 0 aliphatic carbocycles. The molecule has 0 aliphatic heterocycles. The van der Waals surface area contributed by atoms with Crippen LogP contribution in [0.25, 0.3) is 0 Å². The molecule has 0 amide bonds. The Hall–Kier alpha value is -2.32. The van der Waals surface area contributed by atoms with Crippen LogP contribution in [-0.4, -0.2) is 14.4 Å². The van der Waals surface area contributed by atoms with E-state index in [9.17, 15) is 0 Å². The van der Waals surface area contributed by atoms with E-state index in [2.05, 4.69) is 106 Å². The summed E-state index contributed by atoms with van der Waals surface area (Å²) in [6, 6.07) is 30.4. The van der Waals surface area contributed by atoms with Crippen LogP contribution in [0.5, 0.6) is 5.75 Å². The maximum Gasteiger partial charge on any atom is 0.132 e. The summed E-state index contributed by atoms with van der Waals surface area (Å²) < 4.78 is 5.96. The molecule has 0 bridgehead atoms. The van der Waals surface area contributed by atoms with Crippen LogP contribution in [0, 0.1) is 0 Å². The van der Waals surface area contributed by atoms with Gasteiger partial charge in [0.05, 0.1) is 0 Å². The zero-order valence-electron chi connectivity index (χ0n) is 14.6. The van der Waals surface area contributed by atoms with E-state index in [1.54, 1.807) is 0 Å². The van der Waals surface area contributed by atoms with Crippen LogP contribution in [0.3, 0.4) is 0 Å². The molecule has 3 aromatic carbocycles. The first-order chi connectivity index (χ1) is 11.5. The van der Waals surface area contributed by atoms with Gasteiger partial charge in [0.1, 0.15) is 20.1 Å². The van der Waals surface area contributed by atoms with Gasteiger partial charge < -0.3 is 4.74 Å². The average molecular weight is 333 g/mol. The summed E-state index contributed by atoms with van der Waals surface area (Å²) in [6.07, 6.45) is 0. The van der Waals surface area contributed by atoms with Crippen molar-refractivity contribution in [1.29, 1.82) is 0 Å². The van der Waals surface area contributed by atoms with Gasteiger partial charge in [-0.1, -0.05) is 88.4 Å². The van der Waals surface area contributed by atoms with Gasteiger partial charge in [0, 0.05) is 0 Å². The maximum absolute atomic E-state index is 5.96. The minimum Gasteiger partial charge on any atom is -0.488 e. The lowest BCUT2D eigenvalue weighted by Crippen LogP contribution is -2.51. The highest BCUT2D eigenvalue weighted by Gasteiger charge is 2.19. The summed E-state index contributed by atoms with van der Waals surface area (Å²) in [5, 5.41) is 4.29. The molecule has 0 spiro atoms. The molecule has 2 heteroatoms. The zero-order valence-corrected chi connectivity index (χ0v) is 15.7. The van der Waals surface area contributed by atoms with Crippen molar-refractivity contribution in [2.24, 2.45) is 0 Å². The highest BCUT2D eigenvalue weighted by atomic mass is 28.3. The third kappa shape index (κ3) is 4.15. The van der Waals surface area contributed by atoms with Crippen LogP contribution in [-0.2, 0) is 0 Å². The van der Waals surface area contributed by atoms with Gasteiger partial charge in [-0.05, 0) is 32.9 Å². The van der Waals surface area contributed by atoms with Crippen LogP contribution in [0.15, 0.2) is 84.9 Å². The highest BCUT2D eigenvalue weighted by molar-refractivity contribution is 6.95. The molecule has 1 nitrogen and oxygen atoms in total. The van der Waals surface area contributed by atoms with E-state index in [0.717, 1.165) is 5.75 Å². The first-order valence-corrected chi connectivity index (χ1v) is 10.1. The molecule has 0 radical (unpaired) electrons. The fraction of sp³-hybridized carbons (Fsp3) is 0.182. The van der Waals surface area contributed by atoms with Crippen molar-refractivity contribution in [2.75, 3.05) is 0 Å². The molecule has 0 heterocycles. The number of benzene rings is 3. The van der Waals surface area contributed by atoms with Crippen molar-refractivity contribution >= 4 is 24.4 Å². The van der Waals surface area contributed by atoms with Gasteiger partial charge >= 0.3 is 0 Å². The minimum atomic E-state index is -1.44. The number of hydrogen-bond acceptors (Lipinski definition) is 1. The highest BCUT2D eigenvalue weighted by Crippen LogP contribution is 2.16. The van der Waals surface area contributed by atoms with E-state index in [4.69, 9.17) is 4.74 Å². The van der Waals surface area contributed by atoms with E-state index in [1.165, 1.54) is 15.6 Å². The summed E-state index contributed by atoms with van der Waals surface area (Å²) in [7, 11) is -1.44. The molecule has 0 atom stereocenters. The summed E-state index contributed by atoms with van der Waals surface area (Å²) in [4.78, 5) is 0. The second kappa shape index (κ2) is 7.06. The second-order valence-corrected chi connectivity index (χ2v) is 9.90.